The van der Waals surface area contributed by atoms with E-state index in [1.807, 2.05) is 0 Å². The Bertz CT molecular complexity index is 671. The minimum atomic E-state index is -0.935. The molecule has 3 atom stereocenters. The number of nitrogens with zero attached hydrogens (tertiary/aromatic N) is 1. The third-order valence-corrected chi connectivity index (χ3v) is 5.35. The summed E-state index contributed by atoms with van der Waals surface area (Å²) >= 11 is 0. The van der Waals surface area contributed by atoms with Gasteiger partial charge in [-0.1, -0.05) is 0 Å². The summed E-state index contributed by atoms with van der Waals surface area (Å²) < 4.78 is 5.84. The Hall–Kier alpha value is -1.95. The number of ether oxygens (including phenoxy) is 1. The van der Waals surface area contributed by atoms with Gasteiger partial charge >= 0.3 is 5.97 Å². The minimum absolute atomic E-state index is 0.0254. The number of aromatic nitrogens is 1. The molecule has 3 aliphatic rings. The lowest BCUT2D eigenvalue weighted by Gasteiger charge is -2.28. The maximum absolute atomic E-state index is 12.5. The van der Waals surface area contributed by atoms with Gasteiger partial charge in [0.15, 0.2) is 0 Å². The molecular weight excluding hydrogens is 308 g/mol. The molecule has 6 nitrogen and oxygen atoms in total. The molecule has 3 heterocycles. The Kier molecular flexibility index (Phi) is 4.00. The highest BCUT2D eigenvalue weighted by Crippen LogP contribution is 2.40. The number of carbonyl (C=O) groups excluding carboxylic acids is 1. The van der Waals surface area contributed by atoms with E-state index < -0.39 is 5.97 Å². The van der Waals surface area contributed by atoms with E-state index in [2.05, 4.69) is 10.3 Å². The standard InChI is InChI=1S/C18H22N2O4/c21-17(13-7-4-12-5-8-15(13)24-12)19-9-11-3-6-14(18(22)23)16(20-11)10-1-2-10/h3,6,10,12-13,15H,1-2,4-5,7-9H2,(H,19,21)(H,22,23)/t12-,13+,15+/m0/s1. The highest BCUT2D eigenvalue weighted by molar-refractivity contribution is 5.89. The SMILES string of the molecule is O=C(O)c1ccc(CNC(=O)[C@@H]2CC[C@H]3CC[C@H]2O3)nc1C1CC1. The summed E-state index contributed by atoms with van der Waals surface area (Å²) in [6, 6.07) is 3.30. The zero-order valence-corrected chi connectivity index (χ0v) is 13.5. The first-order chi connectivity index (χ1) is 11.6. The van der Waals surface area contributed by atoms with Crippen molar-refractivity contribution >= 4 is 11.9 Å². The number of carboxylic acid groups (broad SMARTS) is 1. The molecule has 1 saturated carbocycles. The van der Waals surface area contributed by atoms with Crippen LogP contribution < -0.4 is 5.32 Å². The van der Waals surface area contributed by atoms with Crippen molar-refractivity contribution in [3.8, 4) is 0 Å². The van der Waals surface area contributed by atoms with E-state index >= 15 is 0 Å². The molecule has 128 valence electrons. The molecule has 2 bridgehead atoms. The van der Waals surface area contributed by atoms with Gasteiger partial charge in [-0.2, -0.15) is 0 Å². The molecule has 0 radical (unpaired) electrons. The summed E-state index contributed by atoms with van der Waals surface area (Å²) in [6.07, 6.45) is 6.29. The third-order valence-electron chi connectivity index (χ3n) is 5.35. The molecule has 2 N–H and O–H groups in total. The zero-order chi connectivity index (χ0) is 16.7. The minimum Gasteiger partial charge on any atom is -0.478 e. The van der Waals surface area contributed by atoms with Gasteiger partial charge in [-0.3, -0.25) is 9.78 Å². The van der Waals surface area contributed by atoms with Crippen molar-refractivity contribution < 1.29 is 19.4 Å². The first-order valence-electron chi connectivity index (χ1n) is 8.78. The van der Waals surface area contributed by atoms with Crippen LogP contribution in [-0.4, -0.2) is 34.2 Å². The van der Waals surface area contributed by atoms with Crippen molar-refractivity contribution in [1.29, 1.82) is 0 Å². The summed E-state index contributed by atoms with van der Waals surface area (Å²) in [5, 5.41) is 12.2. The van der Waals surface area contributed by atoms with Crippen molar-refractivity contribution in [2.75, 3.05) is 0 Å². The van der Waals surface area contributed by atoms with Gasteiger partial charge in [-0.25, -0.2) is 4.79 Å². The number of fused-ring (bicyclic) bond motifs is 2. The van der Waals surface area contributed by atoms with Gasteiger partial charge in [-0.15, -0.1) is 0 Å². The number of nitrogens with one attached hydrogen (secondary N) is 1. The van der Waals surface area contributed by atoms with Gasteiger partial charge in [0.05, 0.1) is 41.6 Å². The average molecular weight is 330 g/mol. The summed E-state index contributed by atoms with van der Waals surface area (Å²) in [5.41, 5.74) is 1.66. The van der Waals surface area contributed by atoms with E-state index in [-0.39, 0.29) is 29.4 Å². The van der Waals surface area contributed by atoms with Crippen molar-refractivity contribution in [1.82, 2.24) is 10.3 Å². The Morgan fingerprint density at radius 2 is 1.96 bits per heavy atom. The lowest BCUT2D eigenvalue weighted by atomic mass is 9.94. The number of amides is 1. The van der Waals surface area contributed by atoms with E-state index in [0.29, 0.717) is 18.3 Å². The quantitative estimate of drug-likeness (QED) is 0.864. The summed E-state index contributed by atoms with van der Waals surface area (Å²) in [4.78, 5) is 28.2. The maximum atomic E-state index is 12.5. The number of carbonyl (C=O) groups is 2. The van der Waals surface area contributed by atoms with Crippen LogP contribution in [0, 0.1) is 5.92 Å². The molecular formula is C18H22N2O4. The highest BCUT2D eigenvalue weighted by Gasteiger charge is 2.40. The van der Waals surface area contributed by atoms with Crippen LogP contribution in [0.4, 0.5) is 0 Å². The fourth-order valence-electron chi connectivity index (χ4n) is 3.87. The Morgan fingerprint density at radius 1 is 1.17 bits per heavy atom. The van der Waals surface area contributed by atoms with Crippen molar-refractivity contribution in [3.05, 3.63) is 29.1 Å². The molecule has 2 aliphatic heterocycles. The van der Waals surface area contributed by atoms with Gasteiger partial charge in [0.2, 0.25) is 5.91 Å². The second-order valence-corrected chi connectivity index (χ2v) is 7.09. The Balaban J connectivity index is 1.41. The molecule has 3 fully saturated rings. The number of hydrogen-bond acceptors (Lipinski definition) is 4. The fraction of sp³-hybridized carbons (Fsp3) is 0.611. The number of rotatable bonds is 5. The lowest BCUT2D eigenvalue weighted by molar-refractivity contribution is -0.134. The van der Waals surface area contributed by atoms with Gasteiger partial charge in [0.25, 0.3) is 0 Å². The Morgan fingerprint density at radius 3 is 2.71 bits per heavy atom. The fourth-order valence-corrected chi connectivity index (χ4v) is 3.87. The summed E-state index contributed by atoms with van der Waals surface area (Å²) in [6.45, 7) is 0.338. The summed E-state index contributed by atoms with van der Waals surface area (Å²) in [7, 11) is 0. The number of carboxylic acids is 1. The molecule has 0 unspecified atom stereocenters. The second kappa shape index (κ2) is 6.16. The summed E-state index contributed by atoms with van der Waals surface area (Å²) in [5.74, 6) is -0.716. The van der Waals surface area contributed by atoms with Crippen LogP contribution >= 0.6 is 0 Å². The molecule has 1 aliphatic carbocycles. The average Bonchev–Trinajstić information content (AvgIpc) is 3.37. The van der Waals surface area contributed by atoms with E-state index in [1.54, 1.807) is 12.1 Å². The van der Waals surface area contributed by atoms with Crippen LogP contribution in [0.3, 0.4) is 0 Å². The van der Waals surface area contributed by atoms with E-state index in [4.69, 9.17) is 4.74 Å². The number of hydrogen-bond donors (Lipinski definition) is 2. The van der Waals surface area contributed by atoms with Gasteiger partial charge in [0.1, 0.15) is 0 Å². The zero-order valence-electron chi connectivity index (χ0n) is 13.5. The smallest absolute Gasteiger partial charge is 0.337 e. The van der Waals surface area contributed by atoms with Gasteiger partial charge < -0.3 is 15.2 Å². The molecule has 24 heavy (non-hydrogen) atoms. The third kappa shape index (κ3) is 3.02. The second-order valence-electron chi connectivity index (χ2n) is 7.09. The largest absolute Gasteiger partial charge is 0.478 e. The predicted octanol–water partition coefficient (Wildman–Crippen LogP) is 2.23. The van der Waals surface area contributed by atoms with E-state index in [9.17, 15) is 14.7 Å². The molecule has 1 aromatic heterocycles. The molecule has 2 saturated heterocycles. The van der Waals surface area contributed by atoms with Crippen molar-refractivity contribution in [3.63, 3.8) is 0 Å². The van der Waals surface area contributed by atoms with Crippen LogP contribution in [-0.2, 0) is 16.1 Å². The predicted molar refractivity (Wildman–Crippen MR) is 85.6 cm³/mol. The molecule has 6 heteroatoms. The van der Waals surface area contributed by atoms with Crippen molar-refractivity contribution in [2.45, 2.75) is 63.2 Å². The molecule has 1 aromatic rings. The Labute approximate surface area is 140 Å². The first kappa shape index (κ1) is 15.6. The van der Waals surface area contributed by atoms with Gasteiger partial charge in [0, 0.05) is 5.92 Å². The van der Waals surface area contributed by atoms with Crippen LogP contribution in [0.1, 0.15) is 66.2 Å². The van der Waals surface area contributed by atoms with E-state index in [0.717, 1.165) is 44.2 Å². The lowest BCUT2D eigenvalue weighted by Crippen LogP contribution is -2.40. The topological polar surface area (TPSA) is 88.5 Å². The highest BCUT2D eigenvalue weighted by atomic mass is 16.5. The molecule has 4 rings (SSSR count). The molecule has 0 spiro atoms. The van der Waals surface area contributed by atoms with Crippen LogP contribution in [0.15, 0.2) is 12.1 Å². The monoisotopic (exact) mass is 330 g/mol. The van der Waals surface area contributed by atoms with Crippen LogP contribution in [0.5, 0.6) is 0 Å². The normalized spacial score (nSPS) is 28.6. The van der Waals surface area contributed by atoms with Crippen LogP contribution in [0.25, 0.3) is 0 Å². The van der Waals surface area contributed by atoms with Gasteiger partial charge in [-0.05, 0) is 50.7 Å². The number of pyridine rings is 1. The molecule has 0 aromatic carbocycles. The maximum Gasteiger partial charge on any atom is 0.337 e. The number of aromatic carboxylic acids is 1. The van der Waals surface area contributed by atoms with E-state index in [1.165, 1.54) is 0 Å². The van der Waals surface area contributed by atoms with Crippen LogP contribution in [0.2, 0.25) is 0 Å². The van der Waals surface area contributed by atoms with Crippen molar-refractivity contribution in [2.24, 2.45) is 5.92 Å². The molecule has 1 amide bonds. The first-order valence-corrected chi connectivity index (χ1v) is 8.78.